The van der Waals surface area contributed by atoms with E-state index in [9.17, 15) is 14.4 Å². The van der Waals surface area contributed by atoms with E-state index >= 15 is 0 Å². The Balaban J connectivity index is 1.30. The van der Waals surface area contributed by atoms with Gasteiger partial charge in [0, 0.05) is 12.1 Å². The first kappa shape index (κ1) is 24.4. The van der Waals surface area contributed by atoms with E-state index in [1.165, 1.54) is 5.56 Å². The zero-order chi connectivity index (χ0) is 24.6. The molecule has 8 nitrogen and oxygen atoms in total. The number of amides is 2. The smallest absolute Gasteiger partial charge is 0.252 e. The van der Waals surface area contributed by atoms with Crippen LogP contribution in [0.1, 0.15) is 73.7 Å². The number of nitrogens with two attached hydrogens (primary N) is 1. The second-order valence-corrected chi connectivity index (χ2v) is 10.7. The summed E-state index contributed by atoms with van der Waals surface area (Å²) in [5.74, 6) is 0.00177. The molecule has 35 heavy (non-hydrogen) atoms. The zero-order valence-electron chi connectivity index (χ0n) is 20.7. The lowest BCUT2D eigenvalue weighted by Gasteiger charge is -2.40. The van der Waals surface area contributed by atoms with E-state index < -0.39 is 17.7 Å². The maximum absolute atomic E-state index is 13.9. The fraction of sp³-hybridized carbons (Fsp3) is 0.667. The summed E-state index contributed by atoms with van der Waals surface area (Å²) in [5, 5.41) is 3.12. The molecule has 0 bridgehead atoms. The lowest BCUT2D eigenvalue weighted by molar-refractivity contribution is -0.143. The van der Waals surface area contributed by atoms with Crippen molar-refractivity contribution in [3.63, 3.8) is 0 Å². The third-order valence-electron chi connectivity index (χ3n) is 8.63. The zero-order valence-corrected chi connectivity index (χ0v) is 20.7. The van der Waals surface area contributed by atoms with Crippen LogP contribution in [0.15, 0.2) is 24.3 Å². The summed E-state index contributed by atoms with van der Waals surface area (Å²) in [6.07, 6.45) is 5.73. The number of Topliss-reactive ketones (excluding diaryl/α,β-unsaturated/α-hetero) is 1. The summed E-state index contributed by atoms with van der Waals surface area (Å²) in [5.41, 5.74) is 7.04. The topological polar surface area (TPSA) is 105 Å². The minimum atomic E-state index is -1.00. The summed E-state index contributed by atoms with van der Waals surface area (Å²) >= 11 is 0. The third kappa shape index (κ3) is 4.63. The van der Waals surface area contributed by atoms with Gasteiger partial charge in [-0.15, -0.1) is 0 Å². The Morgan fingerprint density at radius 2 is 1.80 bits per heavy atom. The van der Waals surface area contributed by atoms with E-state index in [1.54, 1.807) is 4.90 Å². The van der Waals surface area contributed by atoms with Gasteiger partial charge in [-0.2, -0.15) is 0 Å². The molecule has 3 atom stereocenters. The highest BCUT2D eigenvalue weighted by molar-refractivity contribution is 6.01. The number of ketones is 1. The normalized spacial score (nSPS) is 29.3. The highest BCUT2D eigenvalue weighted by Crippen LogP contribution is 2.35. The fourth-order valence-electron chi connectivity index (χ4n) is 6.50. The average molecular weight is 483 g/mol. The molecule has 1 aliphatic carbocycles. The maximum atomic E-state index is 13.9. The SMILES string of the molecule is CCN1CCC(c2ccc(C(=O)NC3(C(=O)N4C[C@@H](N)[C@H]5OCC(=O)[C@H]54)CCCCC3)cc2)CC1. The fourth-order valence-corrected chi connectivity index (χ4v) is 6.50. The number of hydrogen-bond acceptors (Lipinski definition) is 6. The van der Waals surface area contributed by atoms with Crippen molar-refractivity contribution in [2.75, 3.05) is 32.8 Å². The van der Waals surface area contributed by atoms with Gasteiger partial charge in [-0.3, -0.25) is 14.4 Å². The Morgan fingerprint density at radius 3 is 2.46 bits per heavy atom. The molecule has 1 aromatic rings. The van der Waals surface area contributed by atoms with Gasteiger partial charge in [-0.05, 0) is 68.9 Å². The standard InChI is InChI=1S/C27H38N4O4/c1-2-30-14-10-19(11-15-30)18-6-8-20(9-7-18)25(33)29-27(12-4-3-5-13-27)26(34)31-16-21(28)24-23(31)22(32)17-35-24/h6-9,19,21,23-24H,2-5,10-17,28H2,1H3,(H,29,33)/t21-,23-,24-/m1/s1. The molecule has 8 heteroatoms. The number of rotatable bonds is 5. The Labute approximate surface area is 207 Å². The molecule has 4 aliphatic rings. The van der Waals surface area contributed by atoms with Gasteiger partial charge in [-0.1, -0.05) is 38.3 Å². The highest BCUT2D eigenvalue weighted by Gasteiger charge is 2.55. The Bertz CT molecular complexity index is 950. The molecular weight excluding hydrogens is 444 g/mol. The molecule has 3 N–H and O–H groups in total. The van der Waals surface area contributed by atoms with Crippen LogP contribution in [0.25, 0.3) is 0 Å². The Kier molecular flexibility index (Phi) is 6.97. The first-order valence-corrected chi connectivity index (χ1v) is 13.3. The summed E-state index contributed by atoms with van der Waals surface area (Å²) in [6.45, 7) is 5.80. The molecule has 1 aromatic carbocycles. The first-order chi connectivity index (χ1) is 16.9. The Morgan fingerprint density at radius 1 is 1.11 bits per heavy atom. The lowest BCUT2D eigenvalue weighted by atomic mass is 9.80. The van der Waals surface area contributed by atoms with Crippen molar-refractivity contribution in [2.24, 2.45) is 5.73 Å². The van der Waals surface area contributed by atoms with E-state index in [4.69, 9.17) is 10.5 Å². The summed E-state index contributed by atoms with van der Waals surface area (Å²) < 4.78 is 5.57. The van der Waals surface area contributed by atoms with Gasteiger partial charge in [0.2, 0.25) is 5.91 Å². The van der Waals surface area contributed by atoms with Crippen LogP contribution in [0, 0.1) is 0 Å². The van der Waals surface area contributed by atoms with E-state index in [-0.39, 0.29) is 36.8 Å². The molecule has 0 radical (unpaired) electrons. The van der Waals surface area contributed by atoms with Crippen molar-refractivity contribution in [1.82, 2.24) is 15.1 Å². The van der Waals surface area contributed by atoms with Crippen LogP contribution in [0.4, 0.5) is 0 Å². The third-order valence-corrected chi connectivity index (χ3v) is 8.63. The summed E-state index contributed by atoms with van der Waals surface area (Å²) in [6, 6.07) is 6.88. The number of ether oxygens (including phenoxy) is 1. The van der Waals surface area contributed by atoms with E-state index in [1.807, 2.05) is 12.1 Å². The molecule has 0 aromatic heterocycles. The molecule has 0 unspecified atom stereocenters. The van der Waals surface area contributed by atoms with Crippen molar-refractivity contribution in [1.29, 1.82) is 0 Å². The second kappa shape index (κ2) is 9.99. The van der Waals surface area contributed by atoms with Crippen molar-refractivity contribution < 1.29 is 19.1 Å². The van der Waals surface area contributed by atoms with Crippen molar-refractivity contribution in [2.45, 2.75) is 81.5 Å². The van der Waals surface area contributed by atoms with Crippen LogP contribution in [-0.4, -0.2) is 83.9 Å². The van der Waals surface area contributed by atoms with E-state index in [0.717, 1.165) is 51.7 Å². The van der Waals surface area contributed by atoms with Gasteiger partial charge in [0.05, 0.1) is 6.04 Å². The average Bonchev–Trinajstić information content (AvgIpc) is 3.44. The molecule has 190 valence electrons. The van der Waals surface area contributed by atoms with Crippen LogP contribution in [0.3, 0.4) is 0 Å². The highest BCUT2D eigenvalue weighted by atomic mass is 16.5. The quantitative estimate of drug-likeness (QED) is 0.663. The van der Waals surface area contributed by atoms with Crippen LogP contribution >= 0.6 is 0 Å². The minimum absolute atomic E-state index is 0.00398. The number of fused-ring (bicyclic) bond motifs is 1. The molecule has 1 saturated carbocycles. The van der Waals surface area contributed by atoms with Crippen LogP contribution in [0.5, 0.6) is 0 Å². The minimum Gasteiger partial charge on any atom is -0.366 e. The van der Waals surface area contributed by atoms with Gasteiger partial charge in [0.25, 0.3) is 5.91 Å². The predicted molar refractivity (Wildman–Crippen MR) is 132 cm³/mol. The predicted octanol–water partition coefficient (Wildman–Crippen LogP) is 1.82. The van der Waals surface area contributed by atoms with E-state index in [0.29, 0.717) is 24.3 Å². The van der Waals surface area contributed by atoms with Crippen molar-refractivity contribution >= 4 is 17.6 Å². The van der Waals surface area contributed by atoms with Crippen molar-refractivity contribution in [3.05, 3.63) is 35.4 Å². The van der Waals surface area contributed by atoms with Gasteiger partial charge in [0.1, 0.15) is 24.3 Å². The summed E-state index contributed by atoms with van der Waals surface area (Å²) in [7, 11) is 0. The van der Waals surface area contributed by atoms with Gasteiger partial charge in [-0.25, -0.2) is 0 Å². The monoisotopic (exact) mass is 482 g/mol. The lowest BCUT2D eigenvalue weighted by Crippen LogP contribution is -2.62. The molecule has 5 rings (SSSR count). The van der Waals surface area contributed by atoms with Gasteiger partial charge >= 0.3 is 0 Å². The number of hydrogen-bond donors (Lipinski definition) is 2. The van der Waals surface area contributed by atoms with Gasteiger partial charge < -0.3 is 25.6 Å². The number of likely N-dealkylation sites (tertiary alicyclic amines) is 2. The molecular formula is C27H38N4O4. The number of carbonyl (C=O) groups is 3. The van der Waals surface area contributed by atoms with Crippen LogP contribution < -0.4 is 11.1 Å². The van der Waals surface area contributed by atoms with Gasteiger partial charge in [0.15, 0.2) is 5.78 Å². The Hall–Kier alpha value is -2.29. The number of carbonyl (C=O) groups excluding carboxylic acids is 3. The molecule has 3 aliphatic heterocycles. The maximum Gasteiger partial charge on any atom is 0.252 e. The molecule has 4 fully saturated rings. The summed E-state index contributed by atoms with van der Waals surface area (Å²) in [4.78, 5) is 43.8. The van der Waals surface area contributed by atoms with E-state index in [2.05, 4.69) is 29.3 Å². The number of piperidine rings is 1. The second-order valence-electron chi connectivity index (χ2n) is 10.7. The molecule has 2 amide bonds. The number of nitrogens with zero attached hydrogens (tertiary/aromatic N) is 2. The molecule has 0 spiro atoms. The number of benzene rings is 1. The molecule has 3 heterocycles. The van der Waals surface area contributed by atoms with Crippen LogP contribution in [-0.2, 0) is 14.3 Å². The molecule has 3 saturated heterocycles. The number of nitrogens with one attached hydrogen (secondary N) is 1. The van der Waals surface area contributed by atoms with Crippen LogP contribution in [0.2, 0.25) is 0 Å². The largest absolute Gasteiger partial charge is 0.366 e. The first-order valence-electron chi connectivity index (χ1n) is 13.3. The van der Waals surface area contributed by atoms with Crippen molar-refractivity contribution in [3.8, 4) is 0 Å².